The normalized spacial score (nSPS) is 31.8. The lowest BCUT2D eigenvalue weighted by molar-refractivity contribution is 0.0400. The molecule has 0 aromatic heterocycles. The zero-order valence-corrected chi connectivity index (χ0v) is 10.1. The minimum Gasteiger partial charge on any atom is -0.487 e. The van der Waals surface area contributed by atoms with Crippen LogP contribution in [0.3, 0.4) is 0 Å². The van der Waals surface area contributed by atoms with Crippen molar-refractivity contribution in [2.75, 3.05) is 0 Å². The summed E-state index contributed by atoms with van der Waals surface area (Å²) in [7, 11) is 0. The van der Waals surface area contributed by atoms with E-state index >= 15 is 0 Å². The van der Waals surface area contributed by atoms with Crippen LogP contribution in [0, 0.1) is 11.7 Å². The van der Waals surface area contributed by atoms with E-state index in [2.05, 4.69) is 6.92 Å². The molecule has 1 aromatic carbocycles. The zero-order chi connectivity index (χ0) is 12.0. The lowest BCUT2D eigenvalue weighted by Gasteiger charge is -2.39. The predicted octanol–water partition coefficient (Wildman–Crippen LogP) is 3.17. The Balaban J connectivity index is 1.88. The van der Waals surface area contributed by atoms with Gasteiger partial charge in [0, 0.05) is 18.0 Å². The molecule has 17 heavy (non-hydrogen) atoms. The summed E-state index contributed by atoms with van der Waals surface area (Å²) in [6.07, 6.45) is 4.46. The molecule has 1 heterocycles. The van der Waals surface area contributed by atoms with Crippen molar-refractivity contribution in [1.82, 2.24) is 0 Å². The van der Waals surface area contributed by atoms with Crippen LogP contribution >= 0.6 is 0 Å². The summed E-state index contributed by atoms with van der Waals surface area (Å²) in [6.45, 7) is 2.12. The van der Waals surface area contributed by atoms with E-state index in [1.165, 1.54) is 25.0 Å². The third kappa shape index (κ3) is 2.16. The third-order valence-corrected chi connectivity index (χ3v) is 3.80. The topological polar surface area (TPSA) is 35.2 Å². The van der Waals surface area contributed by atoms with Gasteiger partial charge in [-0.15, -0.1) is 0 Å². The second-order valence-electron chi connectivity index (χ2n) is 5.69. The van der Waals surface area contributed by atoms with Crippen molar-refractivity contribution in [1.29, 1.82) is 0 Å². The fourth-order valence-corrected chi connectivity index (χ4v) is 2.84. The largest absolute Gasteiger partial charge is 0.487 e. The molecule has 1 saturated carbocycles. The first kappa shape index (κ1) is 11.0. The summed E-state index contributed by atoms with van der Waals surface area (Å²) >= 11 is 0. The number of hydrogen-bond donors (Lipinski definition) is 1. The van der Waals surface area contributed by atoms with Crippen LogP contribution in [0.2, 0.25) is 0 Å². The molecule has 1 unspecified atom stereocenters. The Hall–Kier alpha value is -1.09. The molecule has 0 spiro atoms. The Morgan fingerprint density at radius 3 is 2.94 bits per heavy atom. The third-order valence-electron chi connectivity index (χ3n) is 3.80. The van der Waals surface area contributed by atoms with Crippen LogP contribution in [-0.4, -0.2) is 5.60 Å². The zero-order valence-electron chi connectivity index (χ0n) is 10.1. The first-order valence-electron chi connectivity index (χ1n) is 6.30. The molecule has 92 valence electrons. The van der Waals surface area contributed by atoms with Gasteiger partial charge in [-0.1, -0.05) is 12.8 Å². The fraction of sp³-hybridized carbons (Fsp3) is 0.571. The van der Waals surface area contributed by atoms with Crippen LogP contribution < -0.4 is 10.5 Å². The molecule has 0 amide bonds. The lowest BCUT2D eigenvalue weighted by Crippen LogP contribution is -2.40. The van der Waals surface area contributed by atoms with Crippen molar-refractivity contribution in [2.24, 2.45) is 11.7 Å². The Labute approximate surface area is 101 Å². The summed E-state index contributed by atoms with van der Waals surface area (Å²) in [5, 5.41) is 0. The van der Waals surface area contributed by atoms with Gasteiger partial charge >= 0.3 is 0 Å². The maximum absolute atomic E-state index is 13.2. The highest BCUT2D eigenvalue weighted by Gasteiger charge is 2.40. The summed E-state index contributed by atoms with van der Waals surface area (Å²) in [5.41, 5.74) is 6.77. The van der Waals surface area contributed by atoms with Crippen LogP contribution in [0.25, 0.3) is 0 Å². The Morgan fingerprint density at radius 2 is 2.24 bits per heavy atom. The van der Waals surface area contributed by atoms with Crippen molar-refractivity contribution in [2.45, 2.75) is 44.2 Å². The number of benzene rings is 1. The quantitative estimate of drug-likeness (QED) is 0.854. The molecule has 0 bridgehead atoms. The Kier molecular flexibility index (Phi) is 2.40. The standard InChI is InChI=1S/C14H18FNO/c1-14(7-9-2-3-9)8-12(16)11-6-10(15)4-5-13(11)17-14/h4-6,9,12H,2-3,7-8,16H2,1H3/t12-,14?/m1/s1. The average Bonchev–Trinajstić information content (AvgIpc) is 3.03. The van der Waals surface area contributed by atoms with Gasteiger partial charge in [0.25, 0.3) is 0 Å². The second-order valence-corrected chi connectivity index (χ2v) is 5.69. The molecular formula is C14H18FNO. The van der Waals surface area contributed by atoms with Crippen LogP contribution in [0.15, 0.2) is 18.2 Å². The highest BCUT2D eigenvalue weighted by atomic mass is 19.1. The van der Waals surface area contributed by atoms with Gasteiger partial charge in [-0.2, -0.15) is 0 Å². The van der Waals surface area contributed by atoms with Crippen molar-refractivity contribution < 1.29 is 9.13 Å². The van der Waals surface area contributed by atoms with Crippen molar-refractivity contribution >= 4 is 0 Å². The number of nitrogens with two attached hydrogens (primary N) is 1. The van der Waals surface area contributed by atoms with Crippen LogP contribution in [0.5, 0.6) is 5.75 Å². The molecule has 2 N–H and O–H groups in total. The van der Waals surface area contributed by atoms with E-state index in [1.807, 2.05) is 0 Å². The number of rotatable bonds is 2. The van der Waals surface area contributed by atoms with Gasteiger partial charge in [0.2, 0.25) is 0 Å². The molecule has 1 aliphatic heterocycles. The van der Waals surface area contributed by atoms with E-state index in [-0.39, 0.29) is 17.5 Å². The number of hydrogen-bond acceptors (Lipinski definition) is 2. The van der Waals surface area contributed by atoms with Crippen molar-refractivity contribution in [3.63, 3.8) is 0 Å². The summed E-state index contributed by atoms with van der Waals surface area (Å²) in [5.74, 6) is 1.32. The van der Waals surface area contributed by atoms with Gasteiger partial charge in [-0.3, -0.25) is 0 Å². The van der Waals surface area contributed by atoms with Crippen LogP contribution in [-0.2, 0) is 0 Å². The van der Waals surface area contributed by atoms with E-state index in [9.17, 15) is 4.39 Å². The van der Waals surface area contributed by atoms with E-state index in [4.69, 9.17) is 10.5 Å². The van der Waals surface area contributed by atoms with E-state index in [1.54, 1.807) is 6.07 Å². The molecular weight excluding hydrogens is 217 g/mol. The molecule has 1 aromatic rings. The van der Waals surface area contributed by atoms with Gasteiger partial charge in [0.1, 0.15) is 17.2 Å². The minimum atomic E-state index is -0.242. The molecule has 0 radical (unpaired) electrons. The van der Waals surface area contributed by atoms with Crippen molar-refractivity contribution in [3.8, 4) is 5.75 Å². The maximum Gasteiger partial charge on any atom is 0.125 e. The molecule has 1 aliphatic carbocycles. The van der Waals surface area contributed by atoms with Gasteiger partial charge in [0.05, 0.1) is 0 Å². The first-order valence-corrected chi connectivity index (χ1v) is 6.30. The second kappa shape index (κ2) is 3.70. The van der Waals surface area contributed by atoms with E-state index < -0.39 is 0 Å². The molecule has 2 atom stereocenters. The number of ether oxygens (including phenoxy) is 1. The Bertz CT molecular complexity index is 444. The van der Waals surface area contributed by atoms with Gasteiger partial charge in [0.15, 0.2) is 0 Å². The molecule has 0 saturated heterocycles. The molecule has 1 fully saturated rings. The van der Waals surface area contributed by atoms with Crippen LogP contribution in [0.1, 0.15) is 44.2 Å². The maximum atomic E-state index is 13.2. The Morgan fingerprint density at radius 1 is 1.47 bits per heavy atom. The molecule has 2 aliphatic rings. The average molecular weight is 235 g/mol. The summed E-state index contributed by atoms with van der Waals surface area (Å²) in [4.78, 5) is 0. The molecule has 3 rings (SSSR count). The fourth-order valence-electron chi connectivity index (χ4n) is 2.84. The monoisotopic (exact) mass is 235 g/mol. The van der Waals surface area contributed by atoms with Gasteiger partial charge < -0.3 is 10.5 Å². The summed E-state index contributed by atoms with van der Waals surface area (Å²) in [6, 6.07) is 4.53. The summed E-state index contributed by atoms with van der Waals surface area (Å²) < 4.78 is 19.2. The first-order chi connectivity index (χ1) is 8.06. The predicted molar refractivity (Wildman–Crippen MR) is 64.3 cm³/mol. The van der Waals surface area contributed by atoms with E-state index in [0.29, 0.717) is 0 Å². The SMILES string of the molecule is CC1(CC2CC2)C[C@@H](N)c2cc(F)ccc2O1. The highest BCUT2D eigenvalue weighted by molar-refractivity contribution is 5.39. The molecule has 2 nitrogen and oxygen atoms in total. The van der Waals surface area contributed by atoms with Crippen molar-refractivity contribution in [3.05, 3.63) is 29.6 Å². The van der Waals surface area contributed by atoms with E-state index in [0.717, 1.165) is 30.1 Å². The number of halogens is 1. The smallest absolute Gasteiger partial charge is 0.125 e. The molecule has 3 heteroatoms. The highest BCUT2D eigenvalue weighted by Crippen LogP contribution is 2.45. The van der Waals surface area contributed by atoms with Gasteiger partial charge in [-0.25, -0.2) is 4.39 Å². The number of fused-ring (bicyclic) bond motifs is 1. The van der Waals surface area contributed by atoms with Gasteiger partial charge in [-0.05, 0) is 37.5 Å². The van der Waals surface area contributed by atoms with Crippen LogP contribution in [0.4, 0.5) is 4.39 Å². The lowest BCUT2D eigenvalue weighted by atomic mass is 9.85. The minimum absolute atomic E-state index is 0.113.